The molecule has 2 nitrogen and oxygen atoms in total. The molecule has 0 aliphatic carbocycles. The topological polar surface area (TPSA) is 26.3 Å². The summed E-state index contributed by atoms with van der Waals surface area (Å²) in [6.07, 6.45) is 1.89. The van der Waals surface area contributed by atoms with Crippen molar-refractivity contribution in [2.45, 2.75) is 32.6 Å². The quantitative estimate of drug-likeness (QED) is 0.711. The van der Waals surface area contributed by atoms with Crippen LogP contribution in [0.5, 0.6) is 0 Å². The number of benzene rings is 1. The van der Waals surface area contributed by atoms with Gasteiger partial charge in [0.25, 0.3) is 0 Å². The number of methoxy groups -OCH3 is 1. The predicted molar refractivity (Wildman–Crippen MR) is 65.3 cm³/mol. The molecule has 1 aromatic rings. The van der Waals surface area contributed by atoms with Gasteiger partial charge in [-0.05, 0) is 24.3 Å². The molecule has 0 aromatic heterocycles. The maximum Gasteiger partial charge on any atom is 0.313 e. The second-order valence-corrected chi connectivity index (χ2v) is 4.46. The molecule has 0 radical (unpaired) electrons. The van der Waals surface area contributed by atoms with Crippen LogP contribution in [0.2, 0.25) is 0 Å². The Balaban J connectivity index is 2.76. The van der Waals surface area contributed by atoms with E-state index in [4.69, 9.17) is 4.74 Å². The third-order valence-electron chi connectivity index (χ3n) is 2.72. The van der Waals surface area contributed by atoms with Gasteiger partial charge in [-0.2, -0.15) is 0 Å². The second kappa shape index (κ2) is 6.31. The van der Waals surface area contributed by atoms with Gasteiger partial charge in [-0.1, -0.05) is 44.2 Å². The Morgan fingerprint density at radius 2 is 1.81 bits per heavy atom. The summed E-state index contributed by atoms with van der Waals surface area (Å²) in [6.45, 7) is 4.33. The van der Waals surface area contributed by atoms with Gasteiger partial charge >= 0.3 is 5.97 Å². The Bertz CT molecular complexity index is 317. The molecule has 0 heterocycles. The van der Waals surface area contributed by atoms with Gasteiger partial charge in [-0.25, -0.2) is 0 Å². The number of ether oxygens (including phenoxy) is 1. The number of carbonyl (C=O) groups is 1. The summed E-state index contributed by atoms with van der Waals surface area (Å²) in [5.41, 5.74) is 1.05. The summed E-state index contributed by atoms with van der Waals surface area (Å²) in [5.74, 6) is 0.358. The molecule has 0 saturated heterocycles. The van der Waals surface area contributed by atoms with Crippen LogP contribution < -0.4 is 0 Å². The van der Waals surface area contributed by atoms with E-state index in [1.807, 2.05) is 30.3 Å². The number of hydrogen-bond donors (Lipinski definition) is 0. The maximum atomic E-state index is 11.7. The summed E-state index contributed by atoms with van der Waals surface area (Å²) in [7, 11) is 1.45. The highest BCUT2D eigenvalue weighted by molar-refractivity contribution is 5.77. The minimum absolute atomic E-state index is 0.117. The molecule has 1 aromatic carbocycles. The Morgan fingerprint density at radius 3 is 2.31 bits per heavy atom. The minimum Gasteiger partial charge on any atom is -0.469 e. The zero-order valence-corrected chi connectivity index (χ0v) is 10.3. The first-order valence-electron chi connectivity index (χ1n) is 5.78. The van der Waals surface area contributed by atoms with Crippen LogP contribution >= 0.6 is 0 Å². The fourth-order valence-electron chi connectivity index (χ4n) is 1.75. The third-order valence-corrected chi connectivity index (χ3v) is 2.72. The number of carbonyl (C=O) groups excluding carboxylic acids is 1. The molecule has 2 heteroatoms. The summed E-state index contributed by atoms with van der Waals surface area (Å²) >= 11 is 0. The number of esters is 1. The first-order valence-corrected chi connectivity index (χ1v) is 5.78. The average molecular weight is 220 g/mol. The van der Waals surface area contributed by atoms with Gasteiger partial charge in [0.1, 0.15) is 0 Å². The van der Waals surface area contributed by atoms with Crippen molar-refractivity contribution in [1.29, 1.82) is 0 Å². The molecule has 0 N–H and O–H groups in total. The molecule has 1 rings (SSSR count). The molecule has 0 amide bonds. The van der Waals surface area contributed by atoms with Gasteiger partial charge in [-0.3, -0.25) is 4.79 Å². The monoisotopic (exact) mass is 220 g/mol. The van der Waals surface area contributed by atoms with E-state index in [0.29, 0.717) is 5.92 Å². The zero-order valence-electron chi connectivity index (χ0n) is 10.3. The third kappa shape index (κ3) is 3.69. The van der Waals surface area contributed by atoms with E-state index in [1.165, 1.54) is 7.11 Å². The molecule has 88 valence electrons. The maximum absolute atomic E-state index is 11.7. The van der Waals surface area contributed by atoms with Crippen LogP contribution in [0, 0.1) is 5.92 Å². The van der Waals surface area contributed by atoms with Crippen molar-refractivity contribution in [3.63, 3.8) is 0 Å². The Labute approximate surface area is 97.6 Å². The van der Waals surface area contributed by atoms with Crippen molar-refractivity contribution >= 4 is 5.97 Å². The Hall–Kier alpha value is -1.31. The minimum atomic E-state index is -0.133. The van der Waals surface area contributed by atoms with Gasteiger partial charge in [0.15, 0.2) is 0 Å². The van der Waals surface area contributed by atoms with Crippen LogP contribution in [-0.4, -0.2) is 13.1 Å². The van der Waals surface area contributed by atoms with Gasteiger partial charge in [0.05, 0.1) is 13.0 Å². The highest BCUT2D eigenvalue weighted by atomic mass is 16.5. The number of hydrogen-bond acceptors (Lipinski definition) is 2. The normalized spacial score (nSPS) is 12.5. The fraction of sp³-hybridized carbons (Fsp3) is 0.500. The van der Waals surface area contributed by atoms with Crippen LogP contribution in [0.25, 0.3) is 0 Å². The van der Waals surface area contributed by atoms with Crippen molar-refractivity contribution in [3.8, 4) is 0 Å². The molecule has 0 aliphatic heterocycles. The second-order valence-electron chi connectivity index (χ2n) is 4.46. The molecule has 0 spiro atoms. The van der Waals surface area contributed by atoms with E-state index in [-0.39, 0.29) is 11.9 Å². The lowest BCUT2D eigenvalue weighted by Gasteiger charge is -2.16. The lowest BCUT2D eigenvalue weighted by Crippen LogP contribution is -2.15. The summed E-state index contributed by atoms with van der Waals surface area (Å²) in [5, 5.41) is 0. The number of rotatable bonds is 5. The first-order chi connectivity index (χ1) is 7.65. The van der Waals surface area contributed by atoms with Crippen molar-refractivity contribution < 1.29 is 9.53 Å². The van der Waals surface area contributed by atoms with Crippen molar-refractivity contribution in [2.24, 2.45) is 5.92 Å². The lowest BCUT2D eigenvalue weighted by atomic mass is 9.91. The molecule has 1 atom stereocenters. The largest absolute Gasteiger partial charge is 0.469 e. The molecule has 0 bridgehead atoms. The SMILES string of the molecule is COC(=O)C(CCC(C)C)c1ccccc1. The van der Waals surface area contributed by atoms with E-state index in [9.17, 15) is 4.79 Å². The molecule has 1 unspecified atom stereocenters. The molecular formula is C14H20O2. The van der Waals surface area contributed by atoms with Crippen LogP contribution in [0.3, 0.4) is 0 Å². The summed E-state index contributed by atoms with van der Waals surface area (Å²) < 4.78 is 4.86. The van der Waals surface area contributed by atoms with E-state index < -0.39 is 0 Å². The molecule has 16 heavy (non-hydrogen) atoms. The van der Waals surface area contributed by atoms with E-state index >= 15 is 0 Å². The predicted octanol–water partition coefficient (Wildman–Crippen LogP) is 3.38. The van der Waals surface area contributed by atoms with Crippen LogP contribution in [0.1, 0.15) is 38.2 Å². The smallest absolute Gasteiger partial charge is 0.313 e. The molecule has 0 saturated carbocycles. The van der Waals surface area contributed by atoms with Gasteiger partial charge < -0.3 is 4.74 Å². The van der Waals surface area contributed by atoms with Crippen LogP contribution in [0.4, 0.5) is 0 Å². The molecular weight excluding hydrogens is 200 g/mol. The average Bonchev–Trinajstić information content (AvgIpc) is 2.30. The zero-order chi connectivity index (χ0) is 12.0. The van der Waals surface area contributed by atoms with Gasteiger partial charge in [0.2, 0.25) is 0 Å². The molecule has 0 aliphatic rings. The van der Waals surface area contributed by atoms with E-state index in [1.54, 1.807) is 0 Å². The van der Waals surface area contributed by atoms with Crippen LogP contribution in [-0.2, 0) is 9.53 Å². The highest BCUT2D eigenvalue weighted by Gasteiger charge is 2.20. The van der Waals surface area contributed by atoms with Crippen molar-refractivity contribution in [2.75, 3.05) is 7.11 Å². The van der Waals surface area contributed by atoms with Crippen molar-refractivity contribution in [1.82, 2.24) is 0 Å². The van der Waals surface area contributed by atoms with E-state index in [2.05, 4.69) is 13.8 Å². The molecule has 0 fully saturated rings. The fourth-order valence-corrected chi connectivity index (χ4v) is 1.75. The van der Waals surface area contributed by atoms with Gasteiger partial charge in [0, 0.05) is 0 Å². The first kappa shape index (κ1) is 12.8. The van der Waals surface area contributed by atoms with Crippen LogP contribution in [0.15, 0.2) is 30.3 Å². The highest BCUT2D eigenvalue weighted by Crippen LogP contribution is 2.24. The van der Waals surface area contributed by atoms with E-state index in [0.717, 1.165) is 18.4 Å². The Morgan fingerprint density at radius 1 is 1.19 bits per heavy atom. The van der Waals surface area contributed by atoms with Crippen molar-refractivity contribution in [3.05, 3.63) is 35.9 Å². The summed E-state index contributed by atoms with van der Waals surface area (Å²) in [4.78, 5) is 11.7. The Kier molecular flexibility index (Phi) is 5.03. The lowest BCUT2D eigenvalue weighted by molar-refractivity contribution is -0.142. The standard InChI is InChI=1S/C14H20O2/c1-11(2)9-10-13(14(15)16-3)12-7-5-4-6-8-12/h4-8,11,13H,9-10H2,1-3H3. The summed E-state index contributed by atoms with van der Waals surface area (Å²) in [6, 6.07) is 9.85. The van der Waals surface area contributed by atoms with Gasteiger partial charge in [-0.15, -0.1) is 0 Å².